The maximum Gasteiger partial charge on any atom is 0.259 e. The molecule has 6 heteroatoms. The Morgan fingerprint density at radius 2 is 2.00 bits per heavy atom. The van der Waals surface area contributed by atoms with Crippen molar-refractivity contribution in [3.05, 3.63) is 29.6 Å². The van der Waals surface area contributed by atoms with Gasteiger partial charge in [-0.3, -0.25) is 9.78 Å². The van der Waals surface area contributed by atoms with E-state index in [2.05, 4.69) is 4.98 Å². The normalized spacial score (nSPS) is 20.2. The molecule has 1 amide bonds. The van der Waals surface area contributed by atoms with E-state index >= 15 is 0 Å². The van der Waals surface area contributed by atoms with E-state index in [9.17, 15) is 13.6 Å². The molecule has 1 aromatic heterocycles. The first kappa shape index (κ1) is 13.9. The van der Waals surface area contributed by atoms with Crippen LogP contribution in [0.5, 0.6) is 0 Å². The molecule has 2 rings (SSSR count). The molecule has 1 fully saturated rings. The molecule has 2 heterocycles. The Hall–Kier alpha value is -1.56. The van der Waals surface area contributed by atoms with Crippen molar-refractivity contribution >= 4 is 5.91 Å². The molecule has 0 aliphatic carbocycles. The highest BCUT2D eigenvalue weighted by Crippen LogP contribution is 2.18. The summed E-state index contributed by atoms with van der Waals surface area (Å²) >= 11 is 0. The van der Waals surface area contributed by atoms with Gasteiger partial charge in [0.15, 0.2) is 11.6 Å². The number of carbonyl (C=O) groups excluding carboxylic acids is 1. The molecule has 1 saturated heterocycles. The molecule has 0 saturated carbocycles. The third-order valence-electron chi connectivity index (χ3n) is 3.36. The number of likely N-dealkylation sites (tertiary alicyclic amines) is 1. The van der Waals surface area contributed by atoms with Crippen LogP contribution in [-0.4, -0.2) is 42.1 Å². The van der Waals surface area contributed by atoms with Gasteiger partial charge in [-0.05, 0) is 19.3 Å². The van der Waals surface area contributed by atoms with E-state index in [1.807, 2.05) is 0 Å². The maximum absolute atomic E-state index is 13.5. The highest BCUT2D eigenvalue weighted by molar-refractivity contribution is 5.94. The topological polar surface area (TPSA) is 42.4 Å². The van der Waals surface area contributed by atoms with E-state index in [-0.39, 0.29) is 6.10 Å². The zero-order chi connectivity index (χ0) is 13.8. The van der Waals surface area contributed by atoms with E-state index in [0.717, 1.165) is 25.2 Å². The lowest BCUT2D eigenvalue weighted by atomic mass is 10.2. The Labute approximate surface area is 110 Å². The molecule has 0 aromatic carbocycles. The number of methoxy groups -OCH3 is 1. The Morgan fingerprint density at radius 3 is 2.63 bits per heavy atom. The van der Waals surface area contributed by atoms with Gasteiger partial charge in [-0.15, -0.1) is 0 Å². The van der Waals surface area contributed by atoms with Crippen LogP contribution in [0.3, 0.4) is 0 Å². The number of carbonyl (C=O) groups is 1. The molecular formula is C13H16F2N2O2. The lowest BCUT2D eigenvalue weighted by Crippen LogP contribution is -2.33. The predicted octanol–water partition coefficient (Wildman–Crippen LogP) is 2.00. The third kappa shape index (κ3) is 3.07. The van der Waals surface area contributed by atoms with Crippen molar-refractivity contribution in [1.29, 1.82) is 0 Å². The minimum Gasteiger partial charge on any atom is -0.381 e. The number of aromatic nitrogens is 1. The number of rotatable bonds is 2. The van der Waals surface area contributed by atoms with E-state index in [0.29, 0.717) is 19.5 Å². The Bertz CT molecular complexity index is 448. The fourth-order valence-corrected chi connectivity index (χ4v) is 2.28. The SMILES string of the molecule is COC1CCCN(C(=O)c2c(F)cncc2F)CC1. The summed E-state index contributed by atoms with van der Waals surface area (Å²) in [6.45, 7) is 0.929. The van der Waals surface area contributed by atoms with Gasteiger partial charge in [0, 0.05) is 20.2 Å². The zero-order valence-corrected chi connectivity index (χ0v) is 10.7. The number of hydrogen-bond acceptors (Lipinski definition) is 3. The Kier molecular flexibility index (Phi) is 4.42. The van der Waals surface area contributed by atoms with Gasteiger partial charge in [0.2, 0.25) is 0 Å². The molecule has 1 aliphatic heterocycles. The van der Waals surface area contributed by atoms with Gasteiger partial charge in [-0.1, -0.05) is 0 Å². The van der Waals surface area contributed by atoms with Crippen molar-refractivity contribution in [2.45, 2.75) is 25.4 Å². The van der Waals surface area contributed by atoms with Gasteiger partial charge >= 0.3 is 0 Å². The predicted molar refractivity (Wildman–Crippen MR) is 64.7 cm³/mol. The molecule has 1 unspecified atom stereocenters. The molecule has 104 valence electrons. The van der Waals surface area contributed by atoms with Crippen LogP contribution in [0, 0.1) is 11.6 Å². The van der Waals surface area contributed by atoms with E-state index in [1.54, 1.807) is 7.11 Å². The summed E-state index contributed by atoms with van der Waals surface area (Å²) in [6, 6.07) is 0. The first-order valence-corrected chi connectivity index (χ1v) is 6.24. The average Bonchev–Trinajstić information content (AvgIpc) is 2.63. The number of ether oxygens (including phenoxy) is 1. The lowest BCUT2D eigenvalue weighted by Gasteiger charge is -2.21. The fraction of sp³-hybridized carbons (Fsp3) is 0.538. The highest BCUT2D eigenvalue weighted by atomic mass is 19.1. The average molecular weight is 270 g/mol. The fourth-order valence-electron chi connectivity index (χ4n) is 2.28. The number of halogens is 2. The molecule has 0 bridgehead atoms. The first-order valence-electron chi connectivity index (χ1n) is 6.24. The van der Waals surface area contributed by atoms with Gasteiger partial charge in [0.1, 0.15) is 5.56 Å². The molecule has 0 radical (unpaired) electrons. The minimum atomic E-state index is -0.919. The lowest BCUT2D eigenvalue weighted by molar-refractivity contribution is 0.0715. The number of nitrogens with zero attached hydrogens (tertiary/aromatic N) is 2. The second-order valence-corrected chi connectivity index (χ2v) is 4.56. The quantitative estimate of drug-likeness (QED) is 0.825. The molecule has 4 nitrogen and oxygen atoms in total. The molecular weight excluding hydrogens is 254 g/mol. The van der Waals surface area contributed by atoms with Crippen LogP contribution < -0.4 is 0 Å². The van der Waals surface area contributed by atoms with Crippen LogP contribution >= 0.6 is 0 Å². The molecule has 1 atom stereocenters. The second-order valence-electron chi connectivity index (χ2n) is 4.56. The molecule has 1 aromatic rings. The van der Waals surface area contributed by atoms with Crippen molar-refractivity contribution in [2.24, 2.45) is 0 Å². The van der Waals surface area contributed by atoms with Crippen LogP contribution in [0.1, 0.15) is 29.6 Å². The number of amides is 1. The van der Waals surface area contributed by atoms with Gasteiger partial charge in [0.25, 0.3) is 5.91 Å². The standard InChI is InChI=1S/C13H16F2N2O2/c1-19-9-3-2-5-17(6-4-9)13(18)12-10(14)7-16-8-11(12)15/h7-9H,2-6H2,1H3. The minimum absolute atomic E-state index is 0.102. The van der Waals surface area contributed by atoms with Crippen molar-refractivity contribution in [3.8, 4) is 0 Å². The van der Waals surface area contributed by atoms with E-state index < -0.39 is 23.1 Å². The van der Waals surface area contributed by atoms with E-state index in [1.165, 1.54) is 4.90 Å². The van der Waals surface area contributed by atoms with E-state index in [4.69, 9.17) is 4.74 Å². The van der Waals surface area contributed by atoms with Crippen LogP contribution in [0.4, 0.5) is 8.78 Å². The largest absolute Gasteiger partial charge is 0.381 e. The molecule has 0 spiro atoms. The molecule has 19 heavy (non-hydrogen) atoms. The van der Waals surface area contributed by atoms with Crippen molar-refractivity contribution in [3.63, 3.8) is 0 Å². The van der Waals surface area contributed by atoms with Gasteiger partial charge in [0.05, 0.1) is 18.5 Å². The van der Waals surface area contributed by atoms with Crippen molar-refractivity contribution < 1.29 is 18.3 Å². The summed E-state index contributed by atoms with van der Waals surface area (Å²) in [5, 5.41) is 0. The van der Waals surface area contributed by atoms with Gasteiger partial charge in [-0.2, -0.15) is 0 Å². The summed E-state index contributed by atoms with van der Waals surface area (Å²) in [5.74, 6) is -2.45. The highest BCUT2D eigenvalue weighted by Gasteiger charge is 2.26. The zero-order valence-electron chi connectivity index (χ0n) is 10.7. The van der Waals surface area contributed by atoms with Crippen LogP contribution in [-0.2, 0) is 4.74 Å². The number of hydrogen-bond donors (Lipinski definition) is 0. The molecule has 0 N–H and O–H groups in total. The van der Waals surface area contributed by atoms with Crippen molar-refractivity contribution in [2.75, 3.05) is 20.2 Å². The second kappa shape index (κ2) is 6.06. The monoisotopic (exact) mass is 270 g/mol. The smallest absolute Gasteiger partial charge is 0.259 e. The molecule has 1 aliphatic rings. The summed E-state index contributed by atoms with van der Waals surface area (Å²) < 4.78 is 32.3. The number of pyridine rings is 1. The maximum atomic E-state index is 13.5. The summed E-state index contributed by atoms with van der Waals surface area (Å²) in [5.41, 5.74) is -0.522. The first-order chi connectivity index (χ1) is 9.13. The summed E-state index contributed by atoms with van der Waals surface area (Å²) in [7, 11) is 1.63. The van der Waals surface area contributed by atoms with Gasteiger partial charge in [-0.25, -0.2) is 8.78 Å². The van der Waals surface area contributed by atoms with Crippen molar-refractivity contribution in [1.82, 2.24) is 9.88 Å². The Morgan fingerprint density at radius 1 is 1.32 bits per heavy atom. The summed E-state index contributed by atoms with van der Waals surface area (Å²) in [6.07, 6.45) is 4.10. The van der Waals surface area contributed by atoms with Gasteiger partial charge < -0.3 is 9.64 Å². The third-order valence-corrected chi connectivity index (χ3v) is 3.36. The van der Waals surface area contributed by atoms with Crippen LogP contribution in [0.15, 0.2) is 12.4 Å². The van der Waals surface area contributed by atoms with Crippen LogP contribution in [0.2, 0.25) is 0 Å². The summed E-state index contributed by atoms with van der Waals surface area (Å²) in [4.78, 5) is 17.0. The van der Waals surface area contributed by atoms with Crippen LogP contribution in [0.25, 0.3) is 0 Å². The Balaban J connectivity index is 2.15.